The van der Waals surface area contributed by atoms with Gasteiger partial charge in [-0.3, -0.25) is 0 Å². The highest BCUT2D eigenvalue weighted by atomic mass is 16.5. The lowest BCUT2D eigenvalue weighted by atomic mass is 10.1. The Hall–Kier alpha value is -0.160. The topological polar surface area (TPSA) is 50.7 Å². The van der Waals surface area contributed by atoms with E-state index < -0.39 is 6.10 Å². The van der Waals surface area contributed by atoms with Crippen molar-refractivity contribution < 1.29 is 14.6 Å². The van der Waals surface area contributed by atoms with Gasteiger partial charge in [0.2, 0.25) is 0 Å². The lowest BCUT2D eigenvalue weighted by Gasteiger charge is -2.24. The largest absolute Gasteiger partial charge is 0.388 e. The maximum Gasteiger partial charge on any atom is 0.101 e. The van der Waals surface area contributed by atoms with Crippen LogP contribution in [0.25, 0.3) is 0 Å². The van der Waals surface area contributed by atoms with Gasteiger partial charge in [-0.15, -0.1) is 0 Å². The van der Waals surface area contributed by atoms with Gasteiger partial charge in [0.1, 0.15) is 6.10 Å². The average molecular weight is 217 g/mol. The third-order valence-electron chi connectivity index (χ3n) is 2.43. The van der Waals surface area contributed by atoms with Crippen LogP contribution in [0.5, 0.6) is 0 Å². The average Bonchev–Trinajstić information content (AvgIpc) is 2.25. The van der Waals surface area contributed by atoms with E-state index in [1.807, 2.05) is 13.8 Å². The summed E-state index contributed by atoms with van der Waals surface area (Å²) in [5.74, 6) is 0. The molecule has 4 nitrogen and oxygen atoms in total. The molecule has 1 aliphatic rings. The van der Waals surface area contributed by atoms with Crippen molar-refractivity contribution in [1.29, 1.82) is 0 Å². The number of piperidine rings is 1. The van der Waals surface area contributed by atoms with Crippen LogP contribution in [0.3, 0.4) is 0 Å². The van der Waals surface area contributed by atoms with E-state index in [0.29, 0.717) is 19.3 Å². The Morgan fingerprint density at radius 2 is 1.93 bits per heavy atom. The fourth-order valence-corrected chi connectivity index (χ4v) is 1.56. The van der Waals surface area contributed by atoms with E-state index >= 15 is 0 Å². The summed E-state index contributed by atoms with van der Waals surface area (Å²) in [6.07, 6.45) is 2.05. The molecule has 1 unspecified atom stereocenters. The van der Waals surface area contributed by atoms with Gasteiger partial charge in [-0.2, -0.15) is 0 Å². The Morgan fingerprint density at radius 1 is 1.27 bits per heavy atom. The minimum Gasteiger partial charge on any atom is -0.388 e. The molecular weight excluding hydrogens is 194 g/mol. The van der Waals surface area contributed by atoms with Crippen LogP contribution >= 0.6 is 0 Å². The van der Waals surface area contributed by atoms with Crippen LogP contribution < -0.4 is 5.32 Å². The maximum atomic E-state index is 9.56. The molecule has 90 valence electrons. The predicted molar refractivity (Wildman–Crippen MR) is 58.9 cm³/mol. The van der Waals surface area contributed by atoms with Gasteiger partial charge < -0.3 is 19.9 Å². The van der Waals surface area contributed by atoms with Crippen molar-refractivity contribution in [3.05, 3.63) is 0 Å². The lowest BCUT2D eigenvalue weighted by Crippen LogP contribution is -2.35. The van der Waals surface area contributed by atoms with E-state index in [9.17, 15) is 5.11 Å². The van der Waals surface area contributed by atoms with Crippen LogP contribution in [0.4, 0.5) is 0 Å². The third-order valence-corrected chi connectivity index (χ3v) is 2.43. The molecule has 1 rings (SSSR count). The molecule has 0 aliphatic carbocycles. The molecule has 1 aliphatic heterocycles. The Balaban J connectivity index is 2.02. The van der Waals surface area contributed by atoms with Crippen molar-refractivity contribution in [3.8, 4) is 0 Å². The van der Waals surface area contributed by atoms with Crippen molar-refractivity contribution in [2.75, 3.05) is 26.3 Å². The van der Waals surface area contributed by atoms with E-state index in [-0.39, 0.29) is 6.10 Å². The van der Waals surface area contributed by atoms with Gasteiger partial charge in [-0.25, -0.2) is 0 Å². The van der Waals surface area contributed by atoms with E-state index in [2.05, 4.69) is 5.32 Å². The van der Waals surface area contributed by atoms with E-state index in [1.165, 1.54) is 0 Å². The molecular formula is C11H23NO3. The summed E-state index contributed by atoms with van der Waals surface area (Å²) in [5, 5.41) is 12.8. The van der Waals surface area contributed by atoms with Crippen LogP contribution in [0.2, 0.25) is 0 Å². The predicted octanol–water partition coefficient (Wildman–Crippen LogP) is 0.541. The highest BCUT2D eigenvalue weighted by molar-refractivity contribution is 4.68. The quantitative estimate of drug-likeness (QED) is 0.682. The number of aliphatic hydroxyl groups excluding tert-OH is 1. The second-order valence-corrected chi connectivity index (χ2v) is 4.32. The maximum absolute atomic E-state index is 9.56. The first-order chi connectivity index (χ1) is 7.18. The molecule has 1 fully saturated rings. The molecule has 0 amide bonds. The highest BCUT2D eigenvalue weighted by Gasteiger charge is 2.15. The Morgan fingerprint density at radius 3 is 2.53 bits per heavy atom. The van der Waals surface area contributed by atoms with E-state index in [0.717, 1.165) is 25.9 Å². The molecule has 0 bridgehead atoms. The summed E-state index contributed by atoms with van der Waals surface area (Å²) >= 11 is 0. The molecule has 15 heavy (non-hydrogen) atoms. The van der Waals surface area contributed by atoms with Crippen LogP contribution in [0.1, 0.15) is 26.7 Å². The lowest BCUT2D eigenvalue weighted by molar-refractivity contribution is -0.0610. The molecule has 1 saturated heterocycles. The normalized spacial score (nSPS) is 20.8. The van der Waals surface area contributed by atoms with Gasteiger partial charge in [0.25, 0.3) is 0 Å². The van der Waals surface area contributed by atoms with E-state index in [4.69, 9.17) is 9.47 Å². The highest BCUT2D eigenvalue weighted by Crippen LogP contribution is 2.07. The molecule has 0 aromatic heterocycles. The van der Waals surface area contributed by atoms with Crippen molar-refractivity contribution in [2.24, 2.45) is 0 Å². The first-order valence-corrected chi connectivity index (χ1v) is 5.80. The second-order valence-electron chi connectivity index (χ2n) is 4.32. The minimum absolute atomic E-state index is 0.165. The Bertz CT molecular complexity index is 158. The molecule has 0 aromatic carbocycles. The van der Waals surface area contributed by atoms with Gasteiger partial charge in [0.15, 0.2) is 0 Å². The fraction of sp³-hybridized carbons (Fsp3) is 1.00. The third kappa shape index (κ3) is 6.10. The number of rotatable bonds is 6. The zero-order chi connectivity index (χ0) is 11.1. The first-order valence-electron chi connectivity index (χ1n) is 5.80. The fourth-order valence-electron chi connectivity index (χ4n) is 1.56. The monoisotopic (exact) mass is 217 g/mol. The minimum atomic E-state index is -0.498. The number of hydrogen-bond acceptors (Lipinski definition) is 4. The molecule has 0 radical (unpaired) electrons. The summed E-state index contributed by atoms with van der Waals surface area (Å²) in [4.78, 5) is 0. The number of hydrogen-bond donors (Lipinski definition) is 2. The van der Waals surface area contributed by atoms with Crippen LogP contribution in [-0.2, 0) is 9.47 Å². The first kappa shape index (κ1) is 12.9. The van der Waals surface area contributed by atoms with Gasteiger partial charge in [-0.05, 0) is 39.8 Å². The van der Waals surface area contributed by atoms with Gasteiger partial charge in [-0.1, -0.05) is 0 Å². The molecule has 4 heteroatoms. The Labute approximate surface area is 92.0 Å². The SMILES string of the molecule is CC(C)OCC(O)COC1CCNCC1. The van der Waals surface area contributed by atoms with Crippen molar-refractivity contribution in [1.82, 2.24) is 5.32 Å². The molecule has 2 N–H and O–H groups in total. The Kier molecular flexibility index (Phi) is 6.17. The van der Waals surface area contributed by atoms with Crippen molar-refractivity contribution in [3.63, 3.8) is 0 Å². The summed E-state index contributed by atoms with van der Waals surface area (Å²) in [6, 6.07) is 0. The van der Waals surface area contributed by atoms with Crippen molar-refractivity contribution in [2.45, 2.75) is 45.0 Å². The zero-order valence-electron chi connectivity index (χ0n) is 9.74. The van der Waals surface area contributed by atoms with Gasteiger partial charge in [0, 0.05) is 0 Å². The number of ether oxygens (including phenoxy) is 2. The molecule has 0 spiro atoms. The second kappa shape index (κ2) is 7.17. The summed E-state index contributed by atoms with van der Waals surface area (Å²) in [6.45, 7) is 6.70. The van der Waals surface area contributed by atoms with Gasteiger partial charge >= 0.3 is 0 Å². The summed E-state index contributed by atoms with van der Waals surface area (Å²) in [5.41, 5.74) is 0. The van der Waals surface area contributed by atoms with Crippen LogP contribution in [-0.4, -0.2) is 49.7 Å². The zero-order valence-corrected chi connectivity index (χ0v) is 9.74. The molecule has 1 atom stereocenters. The number of nitrogens with one attached hydrogen (secondary N) is 1. The standard InChI is InChI=1S/C11H23NO3/c1-9(2)14-7-10(13)8-15-11-3-5-12-6-4-11/h9-13H,3-8H2,1-2H3. The van der Waals surface area contributed by atoms with Crippen LogP contribution in [0.15, 0.2) is 0 Å². The summed E-state index contributed by atoms with van der Waals surface area (Å²) in [7, 11) is 0. The molecule has 0 saturated carbocycles. The number of aliphatic hydroxyl groups is 1. The molecule has 1 heterocycles. The molecule has 0 aromatic rings. The van der Waals surface area contributed by atoms with Gasteiger partial charge in [0.05, 0.1) is 25.4 Å². The van der Waals surface area contributed by atoms with E-state index in [1.54, 1.807) is 0 Å². The van der Waals surface area contributed by atoms with Crippen LogP contribution in [0, 0.1) is 0 Å². The van der Waals surface area contributed by atoms with Crippen molar-refractivity contribution >= 4 is 0 Å². The smallest absolute Gasteiger partial charge is 0.101 e. The summed E-state index contributed by atoms with van der Waals surface area (Å²) < 4.78 is 10.9.